The Balaban J connectivity index is 2.50. The zero-order chi connectivity index (χ0) is 14.3. The second kappa shape index (κ2) is 7.38. The summed E-state index contributed by atoms with van der Waals surface area (Å²) in [7, 11) is 3.24. The molecule has 0 saturated heterocycles. The zero-order valence-electron chi connectivity index (χ0n) is 11.0. The average molecular weight is 266 g/mol. The summed E-state index contributed by atoms with van der Waals surface area (Å²) in [5.74, 6) is -0.981. The van der Waals surface area contributed by atoms with E-state index in [4.69, 9.17) is 9.84 Å². The number of carbonyl (C=O) groups excluding carboxylic acids is 1. The van der Waals surface area contributed by atoms with E-state index in [-0.39, 0.29) is 18.1 Å². The number of aromatic carboxylic acids is 1. The molecule has 0 aliphatic carbocycles. The number of likely N-dealkylation sites (N-methyl/N-ethyl adjacent to an activating group) is 1. The van der Waals surface area contributed by atoms with Gasteiger partial charge in [0, 0.05) is 27.2 Å². The third-order valence-electron chi connectivity index (χ3n) is 2.60. The number of hydrogen-bond acceptors (Lipinski definition) is 3. The predicted octanol–water partition coefficient (Wildman–Crippen LogP) is 1.17. The molecule has 0 heterocycles. The van der Waals surface area contributed by atoms with Crippen LogP contribution in [0.4, 0.5) is 4.79 Å². The normalized spacial score (nSPS) is 10.0. The van der Waals surface area contributed by atoms with Crippen molar-refractivity contribution in [3.8, 4) is 0 Å². The van der Waals surface area contributed by atoms with Crippen molar-refractivity contribution in [3.63, 3.8) is 0 Å². The van der Waals surface area contributed by atoms with Crippen molar-refractivity contribution >= 4 is 12.0 Å². The Hall–Kier alpha value is -2.08. The van der Waals surface area contributed by atoms with Gasteiger partial charge in [0.25, 0.3) is 0 Å². The maximum Gasteiger partial charge on any atom is 0.335 e. The molecule has 104 valence electrons. The van der Waals surface area contributed by atoms with Gasteiger partial charge in [-0.25, -0.2) is 9.59 Å². The van der Waals surface area contributed by atoms with Crippen LogP contribution in [0, 0.1) is 0 Å². The van der Waals surface area contributed by atoms with Crippen LogP contribution in [0.25, 0.3) is 0 Å². The summed E-state index contributed by atoms with van der Waals surface area (Å²) in [5.41, 5.74) is 0.952. The highest BCUT2D eigenvalue weighted by molar-refractivity contribution is 5.87. The number of nitrogens with one attached hydrogen (secondary N) is 1. The van der Waals surface area contributed by atoms with Crippen LogP contribution in [0.3, 0.4) is 0 Å². The van der Waals surface area contributed by atoms with Gasteiger partial charge in [-0.2, -0.15) is 0 Å². The van der Waals surface area contributed by atoms with Gasteiger partial charge in [-0.05, 0) is 17.7 Å². The number of urea groups is 1. The first-order valence-electron chi connectivity index (χ1n) is 5.84. The third kappa shape index (κ3) is 4.97. The van der Waals surface area contributed by atoms with E-state index < -0.39 is 5.97 Å². The molecule has 0 aliphatic rings. The van der Waals surface area contributed by atoms with Crippen molar-refractivity contribution in [2.75, 3.05) is 27.3 Å². The van der Waals surface area contributed by atoms with Gasteiger partial charge in [-0.1, -0.05) is 12.1 Å². The summed E-state index contributed by atoms with van der Waals surface area (Å²) in [6, 6.07) is 6.25. The van der Waals surface area contributed by atoms with Crippen LogP contribution in [0.15, 0.2) is 24.3 Å². The first-order chi connectivity index (χ1) is 9.04. The molecule has 0 radical (unpaired) electrons. The Morgan fingerprint density at radius 3 is 2.79 bits per heavy atom. The first kappa shape index (κ1) is 15.0. The van der Waals surface area contributed by atoms with Crippen molar-refractivity contribution in [1.29, 1.82) is 0 Å². The van der Waals surface area contributed by atoms with Gasteiger partial charge in [0.05, 0.1) is 12.2 Å². The number of ether oxygens (including phenoxy) is 1. The molecule has 2 amide bonds. The number of nitrogens with zero attached hydrogens (tertiary/aromatic N) is 1. The number of amides is 2. The number of carboxylic acid groups (broad SMARTS) is 1. The number of rotatable bonds is 6. The van der Waals surface area contributed by atoms with E-state index >= 15 is 0 Å². The average Bonchev–Trinajstić information content (AvgIpc) is 2.42. The van der Waals surface area contributed by atoms with Crippen molar-refractivity contribution in [2.24, 2.45) is 0 Å². The van der Waals surface area contributed by atoms with Gasteiger partial charge in [0.1, 0.15) is 0 Å². The molecule has 0 atom stereocenters. The molecule has 0 fully saturated rings. The fourth-order valence-electron chi connectivity index (χ4n) is 1.46. The number of hydrogen-bond donors (Lipinski definition) is 2. The fourth-order valence-corrected chi connectivity index (χ4v) is 1.46. The lowest BCUT2D eigenvalue weighted by Gasteiger charge is -2.17. The van der Waals surface area contributed by atoms with Crippen LogP contribution >= 0.6 is 0 Å². The van der Waals surface area contributed by atoms with E-state index in [9.17, 15) is 9.59 Å². The zero-order valence-corrected chi connectivity index (χ0v) is 11.0. The van der Waals surface area contributed by atoms with E-state index in [1.807, 2.05) is 0 Å². The van der Waals surface area contributed by atoms with Gasteiger partial charge in [-0.3, -0.25) is 0 Å². The monoisotopic (exact) mass is 266 g/mol. The second-order valence-electron chi connectivity index (χ2n) is 4.08. The highest BCUT2D eigenvalue weighted by Crippen LogP contribution is 2.05. The molecule has 1 rings (SSSR count). The van der Waals surface area contributed by atoms with Crippen LogP contribution in [0.2, 0.25) is 0 Å². The third-order valence-corrected chi connectivity index (χ3v) is 2.60. The van der Waals surface area contributed by atoms with E-state index in [1.54, 1.807) is 26.3 Å². The highest BCUT2D eigenvalue weighted by Gasteiger charge is 2.08. The number of carboxylic acids is 1. The Labute approximate surface area is 112 Å². The Kier molecular flexibility index (Phi) is 5.81. The van der Waals surface area contributed by atoms with Gasteiger partial charge in [0.15, 0.2) is 0 Å². The van der Waals surface area contributed by atoms with Crippen LogP contribution in [0.1, 0.15) is 15.9 Å². The summed E-state index contributed by atoms with van der Waals surface area (Å²) in [5, 5.41) is 11.6. The second-order valence-corrected chi connectivity index (χ2v) is 4.08. The summed E-state index contributed by atoms with van der Waals surface area (Å²) >= 11 is 0. The number of carbonyl (C=O) groups is 2. The van der Waals surface area contributed by atoms with Crippen LogP contribution in [-0.4, -0.2) is 49.3 Å². The lowest BCUT2D eigenvalue weighted by Crippen LogP contribution is -2.38. The van der Waals surface area contributed by atoms with Gasteiger partial charge in [-0.15, -0.1) is 0 Å². The standard InChI is InChI=1S/C13H18N2O4/c1-15(6-7-19-2)13(18)14-9-10-4-3-5-11(8-10)12(16)17/h3-5,8H,6-7,9H2,1-2H3,(H,14,18)(H,16,17). The summed E-state index contributed by atoms with van der Waals surface area (Å²) < 4.78 is 4.88. The Morgan fingerprint density at radius 1 is 1.42 bits per heavy atom. The summed E-state index contributed by atoms with van der Waals surface area (Å²) in [6.07, 6.45) is 0. The molecule has 6 nitrogen and oxygen atoms in total. The van der Waals surface area contributed by atoms with Crippen molar-refractivity contribution in [2.45, 2.75) is 6.54 Å². The Bertz CT molecular complexity index is 448. The number of methoxy groups -OCH3 is 1. The molecule has 0 saturated carbocycles. The smallest absolute Gasteiger partial charge is 0.335 e. The Morgan fingerprint density at radius 2 is 2.16 bits per heavy atom. The van der Waals surface area contributed by atoms with E-state index in [0.29, 0.717) is 13.2 Å². The maximum atomic E-state index is 11.7. The molecule has 6 heteroatoms. The van der Waals surface area contributed by atoms with Crippen molar-refractivity contribution in [1.82, 2.24) is 10.2 Å². The van der Waals surface area contributed by atoms with Gasteiger partial charge < -0.3 is 20.1 Å². The van der Waals surface area contributed by atoms with E-state index in [0.717, 1.165) is 5.56 Å². The van der Waals surface area contributed by atoms with Gasteiger partial charge >= 0.3 is 12.0 Å². The quantitative estimate of drug-likeness (QED) is 0.810. The molecular weight excluding hydrogens is 248 g/mol. The molecule has 0 unspecified atom stereocenters. The van der Waals surface area contributed by atoms with E-state index in [1.165, 1.54) is 17.0 Å². The lowest BCUT2D eigenvalue weighted by atomic mass is 10.1. The predicted molar refractivity (Wildman–Crippen MR) is 70.1 cm³/mol. The first-order valence-corrected chi connectivity index (χ1v) is 5.84. The van der Waals surface area contributed by atoms with Crippen molar-refractivity contribution < 1.29 is 19.4 Å². The largest absolute Gasteiger partial charge is 0.478 e. The minimum atomic E-state index is -0.981. The highest BCUT2D eigenvalue weighted by atomic mass is 16.5. The van der Waals surface area contributed by atoms with Crippen LogP contribution in [0.5, 0.6) is 0 Å². The molecule has 2 N–H and O–H groups in total. The molecule has 1 aromatic rings. The molecule has 0 aliphatic heterocycles. The molecule has 19 heavy (non-hydrogen) atoms. The molecule has 0 aromatic heterocycles. The number of benzene rings is 1. The summed E-state index contributed by atoms with van der Waals surface area (Å²) in [4.78, 5) is 24.0. The fraction of sp³-hybridized carbons (Fsp3) is 0.385. The van der Waals surface area contributed by atoms with Gasteiger partial charge in [0.2, 0.25) is 0 Å². The van der Waals surface area contributed by atoms with Crippen molar-refractivity contribution in [3.05, 3.63) is 35.4 Å². The van der Waals surface area contributed by atoms with Crippen LogP contribution < -0.4 is 5.32 Å². The molecule has 1 aromatic carbocycles. The SMILES string of the molecule is COCCN(C)C(=O)NCc1cccc(C(=O)O)c1. The lowest BCUT2D eigenvalue weighted by molar-refractivity contribution is 0.0696. The minimum Gasteiger partial charge on any atom is -0.478 e. The minimum absolute atomic E-state index is 0.208. The molecule has 0 bridgehead atoms. The van der Waals surface area contributed by atoms with Crippen LogP contribution in [-0.2, 0) is 11.3 Å². The molecule has 0 spiro atoms. The summed E-state index contributed by atoms with van der Waals surface area (Å²) in [6.45, 7) is 1.26. The molecular formula is C13H18N2O4. The maximum absolute atomic E-state index is 11.7. The van der Waals surface area contributed by atoms with E-state index in [2.05, 4.69) is 5.32 Å². The topological polar surface area (TPSA) is 78.9 Å².